The van der Waals surface area contributed by atoms with E-state index in [4.69, 9.17) is 22.4 Å². The monoisotopic (exact) mass is 1040 g/mol. The molecular formula is C12H6N2O2S26. The second-order valence-electron chi connectivity index (χ2n) is 5.11. The molecule has 1 aliphatic rings. The van der Waals surface area contributed by atoms with Crippen molar-refractivity contribution in [2.75, 3.05) is 0 Å². The summed E-state index contributed by atoms with van der Waals surface area (Å²) in [5.41, 5.74) is 1.93. The van der Waals surface area contributed by atoms with Gasteiger partial charge in [0.2, 0.25) is 11.6 Å². The second kappa shape index (κ2) is 29.3. The Morgan fingerprint density at radius 2 is 0.833 bits per heavy atom. The third-order valence-corrected chi connectivity index (χ3v) is 54.3. The van der Waals surface area contributed by atoms with Crippen molar-refractivity contribution in [1.29, 1.82) is 0 Å². The fourth-order valence-electron chi connectivity index (χ4n) is 2.08. The molecule has 0 radical (unpaired) electrons. The first-order valence-electron chi connectivity index (χ1n) is 8.94. The Balaban J connectivity index is 0.000000323. The van der Waals surface area contributed by atoms with Gasteiger partial charge in [-0.2, -0.15) is 0 Å². The highest BCUT2D eigenvalue weighted by Gasteiger charge is 2.30. The van der Waals surface area contributed by atoms with Gasteiger partial charge in [0.15, 0.2) is 0 Å². The number of ketones is 2. The molecule has 0 saturated heterocycles. The molecule has 0 bridgehead atoms. The number of pyridine rings is 2. The SMILES string of the molecule is O=C1C(=O)c2cccnc2-c2ccncc21.S=S=S=S=S=S=S=S=S=S=S=S=S=S=S=S=S=S=S=S=S=S=S=S=S=S. The maximum atomic E-state index is 11.8. The molecule has 0 unspecified atom stereocenters. The zero-order valence-corrected chi connectivity index (χ0v) is 40.0. The van der Waals surface area contributed by atoms with E-state index in [1.54, 1.807) is 155 Å². The number of nitrogens with zero attached hydrogens (tertiary/aromatic N) is 2. The first kappa shape index (κ1) is 41.5. The number of Topliss-reactive ketones (excluding diaryl/α,β-unsaturated/α-hetero) is 2. The lowest BCUT2D eigenvalue weighted by molar-refractivity contribution is 0.0815. The maximum Gasteiger partial charge on any atom is 0.235 e. The molecule has 42 heavy (non-hydrogen) atoms. The van der Waals surface area contributed by atoms with Crippen LogP contribution in [0.5, 0.6) is 0 Å². The largest absolute Gasteiger partial charge is 0.285 e. The van der Waals surface area contributed by atoms with Crippen molar-refractivity contribution in [3.05, 3.63) is 47.9 Å². The van der Waals surface area contributed by atoms with Crippen LogP contribution in [0.1, 0.15) is 20.7 Å². The third kappa shape index (κ3) is 18.8. The number of hydrogen-bond donors (Lipinski definition) is 0. The Hall–Kier alpha value is 3.36. The molecule has 2 aromatic heterocycles. The lowest BCUT2D eigenvalue weighted by atomic mass is 9.88. The summed E-state index contributed by atoms with van der Waals surface area (Å²) in [5, 5.41) is 0. The standard InChI is InChI=1S/C12H6N2O2.S26/c15-11-8-2-1-4-14-10(8)7-3-5-13-6-9(7)12(11)16;1-3-5-7-9-11-13-15-17-19-21-23-25-26-24-22-20-18-16-14-12-10-8-6-4-2/h1-6H;. The van der Waals surface area contributed by atoms with E-state index in [0.717, 1.165) is 0 Å². The highest BCUT2D eigenvalue weighted by Crippen LogP contribution is 2.30. The molecule has 0 atom stereocenters. The van der Waals surface area contributed by atoms with Crippen molar-refractivity contribution in [2.45, 2.75) is 0 Å². The van der Waals surface area contributed by atoms with E-state index in [1.807, 2.05) is 71.0 Å². The van der Waals surface area contributed by atoms with Crippen LogP contribution < -0.4 is 0 Å². The second-order valence-corrected chi connectivity index (χ2v) is 47.6. The Kier molecular flexibility index (Phi) is 29.0. The topological polar surface area (TPSA) is 59.9 Å². The highest BCUT2D eigenvalue weighted by atomic mass is 33.5. The Morgan fingerprint density at radius 1 is 0.452 bits per heavy atom. The summed E-state index contributed by atoms with van der Waals surface area (Å²) in [6.45, 7) is 0. The predicted octanol–water partition coefficient (Wildman–Crippen LogP) is 1.46. The molecule has 2 aromatic rings. The van der Waals surface area contributed by atoms with Crippen LogP contribution in [-0.2, 0) is 236 Å². The maximum absolute atomic E-state index is 11.8. The number of hydrogen-bond acceptors (Lipinski definition) is 6. The quantitative estimate of drug-likeness (QED) is 0.374. The summed E-state index contributed by atoms with van der Waals surface area (Å²) < 4.78 is 0. The van der Waals surface area contributed by atoms with Gasteiger partial charge in [0, 0.05) is 260 Å². The smallest absolute Gasteiger partial charge is 0.235 e. The van der Waals surface area contributed by atoms with Crippen molar-refractivity contribution in [2.24, 2.45) is 0 Å². The molecule has 4 nitrogen and oxygen atoms in total. The zero-order chi connectivity index (χ0) is 30.1. The number of carbonyl (C=O) groups excluding carboxylic acids is 2. The molecule has 0 N–H and O–H groups in total. The van der Waals surface area contributed by atoms with Gasteiger partial charge in [0.25, 0.3) is 0 Å². The summed E-state index contributed by atoms with van der Waals surface area (Å²) in [6, 6.07) is 4.97. The van der Waals surface area contributed by atoms with Gasteiger partial charge < -0.3 is 0 Å². The predicted molar refractivity (Wildman–Crippen MR) is 248 cm³/mol. The van der Waals surface area contributed by atoms with Gasteiger partial charge in [-0.05, 0) is 18.2 Å². The normalized spacial score (nSPS) is 9.71. The molecule has 30 heteroatoms. The lowest BCUT2D eigenvalue weighted by Gasteiger charge is -2.15. The minimum Gasteiger partial charge on any atom is -0.285 e. The first-order chi connectivity index (χ1) is 20.7. The molecule has 0 amide bonds. The van der Waals surface area contributed by atoms with Crippen LogP contribution in [0, 0.1) is 0 Å². The van der Waals surface area contributed by atoms with Crippen LogP contribution >= 0.6 is 0 Å². The van der Waals surface area contributed by atoms with Gasteiger partial charge in [-0.3, -0.25) is 19.6 Å². The van der Waals surface area contributed by atoms with Crippen LogP contribution in [0.15, 0.2) is 36.8 Å². The van der Waals surface area contributed by atoms with Crippen LogP contribution in [0.4, 0.5) is 0 Å². The van der Waals surface area contributed by atoms with Crippen molar-refractivity contribution < 1.29 is 9.59 Å². The summed E-state index contributed by atoms with van der Waals surface area (Å²) in [4.78, 5) is 31.5. The fourth-order valence-corrected chi connectivity index (χ4v) is 62.5. The van der Waals surface area contributed by atoms with Gasteiger partial charge >= 0.3 is 0 Å². The molecule has 0 aromatic carbocycles. The van der Waals surface area contributed by atoms with Crippen molar-refractivity contribution in [3.63, 3.8) is 0 Å². The number of aromatic nitrogens is 2. The average molecular weight is 1040 g/mol. The van der Waals surface area contributed by atoms with Crippen LogP contribution in [0.3, 0.4) is 0 Å². The number of fused-ring (bicyclic) bond motifs is 3. The molecule has 1 aliphatic carbocycles. The highest BCUT2D eigenvalue weighted by molar-refractivity contribution is 8.79. The third-order valence-electron chi connectivity index (χ3n) is 3.22. The van der Waals surface area contributed by atoms with Gasteiger partial charge in [0.1, 0.15) is 0 Å². The van der Waals surface area contributed by atoms with Crippen LogP contribution in [0.2, 0.25) is 0 Å². The van der Waals surface area contributed by atoms with Gasteiger partial charge in [0.05, 0.1) is 16.8 Å². The Bertz CT molecular complexity index is 2280. The first-order valence-corrected chi connectivity index (χ1v) is 42.3. The van der Waals surface area contributed by atoms with Crippen molar-refractivity contribution >= 4 is 247 Å². The van der Waals surface area contributed by atoms with E-state index in [9.17, 15) is 9.59 Å². The molecule has 2 heterocycles. The van der Waals surface area contributed by atoms with Crippen LogP contribution in [0.25, 0.3) is 11.3 Å². The minimum atomic E-state index is -0.511. The zero-order valence-electron chi connectivity index (χ0n) is 18.8. The summed E-state index contributed by atoms with van der Waals surface area (Å²) >= 11 is 9.55. The summed E-state index contributed by atoms with van der Waals surface area (Å²) in [6.07, 6.45) is 4.60. The van der Waals surface area contributed by atoms with E-state index in [-0.39, 0.29) is 0 Å². The van der Waals surface area contributed by atoms with E-state index in [0.29, 0.717) is 22.4 Å². The van der Waals surface area contributed by atoms with Gasteiger partial charge in [-0.15, -0.1) is 0 Å². The number of rotatable bonds is 0. The molecule has 0 fully saturated rings. The Morgan fingerprint density at radius 3 is 1.24 bits per heavy atom. The Labute approximate surface area is 319 Å². The molecular weight excluding hydrogens is 1040 g/mol. The summed E-state index contributed by atoms with van der Waals surface area (Å²) in [7, 11) is 41.8. The van der Waals surface area contributed by atoms with E-state index in [1.165, 1.54) is 24.0 Å². The average Bonchev–Trinajstić information content (AvgIpc) is 3.02. The molecule has 3 rings (SSSR count). The minimum absolute atomic E-state index is 0.332. The van der Waals surface area contributed by atoms with E-state index >= 15 is 0 Å². The van der Waals surface area contributed by atoms with Crippen LogP contribution in [-0.4, -0.2) is 21.5 Å². The molecule has 0 spiro atoms. The van der Waals surface area contributed by atoms with Crippen molar-refractivity contribution in [1.82, 2.24) is 9.97 Å². The molecule has 0 saturated carbocycles. The van der Waals surface area contributed by atoms with Gasteiger partial charge in [-0.1, -0.05) is 0 Å². The molecule has 232 valence electrons. The lowest BCUT2D eigenvalue weighted by Crippen LogP contribution is -2.21. The fraction of sp³-hybridized carbons (Fsp3) is 0. The van der Waals surface area contributed by atoms with Crippen molar-refractivity contribution in [3.8, 4) is 11.3 Å². The summed E-state index contributed by atoms with van der Waals surface area (Å²) in [5.74, 6) is -1.02. The van der Waals surface area contributed by atoms with E-state index < -0.39 is 11.6 Å². The number of carbonyl (C=O) groups is 2. The molecule has 0 aliphatic heterocycles. The van der Waals surface area contributed by atoms with E-state index in [2.05, 4.69) is 9.97 Å². The van der Waals surface area contributed by atoms with Gasteiger partial charge in [-0.25, -0.2) is 0 Å².